The van der Waals surface area contributed by atoms with Crippen LogP contribution in [0.4, 0.5) is 8.78 Å². The van der Waals surface area contributed by atoms with Crippen molar-refractivity contribution in [1.29, 1.82) is 0 Å². The highest BCUT2D eigenvalue weighted by molar-refractivity contribution is 7.15. The first kappa shape index (κ1) is 23.8. The molecule has 1 saturated heterocycles. The van der Waals surface area contributed by atoms with Gasteiger partial charge in [-0.05, 0) is 80.1 Å². The Morgan fingerprint density at radius 3 is 2.14 bits per heavy atom. The van der Waals surface area contributed by atoms with E-state index < -0.39 is 0 Å². The molecule has 2 aromatic heterocycles. The van der Waals surface area contributed by atoms with Gasteiger partial charge in [0.15, 0.2) is 4.96 Å². The molecule has 182 valence electrons. The second kappa shape index (κ2) is 9.63. The summed E-state index contributed by atoms with van der Waals surface area (Å²) in [5, 5.41) is 1.89. The number of aromatic nitrogens is 2. The molecule has 35 heavy (non-hydrogen) atoms. The highest BCUT2D eigenvalue weighted by Crippen LogP contribution is 2.48. The Morgan fingerprint density at radius 2 is 1.57 bits per heavy atom. The van der Waals surface area contributed by atoms with Crippen LogP contribution in [-0.2, 0) is 6.42 Å². The summed E-state index contributed by atoms with van der Waals surface area (Å²) in [4.78, 5) is 20.6. The number of benzene rings is 2. The van der Waals surface area contributed by atoms with Gasteiger partial charge in [0.1, 0.15) is 11.6 Å². The Labute approximate surface area is 207 Å². The van der Waals surface area contributed by atoms with Gasteiger partial charge in [0, 0.05) is 35.3 Å². The largest absolute Gasteiger partial charge is 0.303 e. The SMILES string of the molecule is Cc1nc2sccn2c(=O)c1CCN1CCC(C)(C(c2ccc(F)cc2)c2ccc(F)cc2)CC1. The Hall–Kier alpha value is -2.90. The van der Waals surface area contributed by atoms with E-state index in [1.807, 2.05) is 36.6 Å². The lowest BCUT2D eigenvalue weighted by Crippen LogP contribution is -2.43. The highest BCUT2D eigenvalue weighted by atomic mass is 32.1. The Bertz CT molecular complexity index is 1320. The summed E-state index contributed by atoms with van der Waals surface area (Å²) in [7, 11) is 0. The predicted octanol–water partition coefficient (Wildman–Crippen LogP) is 5.82. The van der Waals surface area contributed by atoms with E-state index in [-0.39, 0.29) is 28.5 Å². The Balaban J connectivity index is 1.33. The molecule has 4 aromatic rings. The summed E-state index contributed by atoms with van der Waals surface area (Å²) in [6.07, 6.45) is 4.36. The molecule has 0 N–H and O–H groups in total. The fourth-order valence-corrected chi connectivity index (χ4v) is 6.21. The van der Waals surface area contributed by atoms with Gasteiger partial charge in [-0.25, -0.2) is 13.8 Å². The molecule has 0 spiro atoms. The van der Waals surface area contributed by atoms with Gasteiger partial charge in [-0.1, -0.05) is 31.2 Å². The molecule has 4 nitrogen and oxygen atoms in total. The number of hydrogen-bond donors (Lipinski definition) is 0. The number of halogens is 2. The van der Waals surface area contributed by atoms with Crippen LogP contribution >= 0.6 is 11.3 Å². The molecular weight excluding hydrogens is 464 g/mol. The standard InChI is InChI=1S/C28H29F2N3OS/c1-19-24(26(34)33-17-18-35-27(33)31-19)11-14-32-15-12-28(2,13-16-32)25(20-3-7-22(29)8-4-20)21-5-9-23(30)10-6-21/h3-10,17-18,25H,11-16H2,1-2H3. The van der Waals surface area contributed by atoms with Gasteiger partial charge in [0.2, 0.25) is 0 Å². The van der Waals surface area contributed by atoms with Crippen molar-refractivity contribution in [3.63, 3.8) is 0 Å². The van der Waals surface area contributed by atoms with Crippen LogP contribution in [0.5, 0.6) is 0 Å². The number of aryl methyl sites for hydroxylation is 1. The minimum atomic E-state index is -0.257. The molecule has 0 amide bonds. The van der Waals surface area contributed by atoms with Gasteiger partial charge in [-0.2, -0.15) is 0 Å². The molecule has 7 heteroatoms. The predicted molar refractivity (Wildman–Crippen MR) is 136 cm³/mol. The Morgan fingerprint density at radius 1 is 1.00 bits per heavy atom. The van der Waals surface area contributed by atoms with Crippen LogP contribution in [0.3, 0.4) is 0 Å². The van der Waals surface area contributed by atoms with Gasteiger partial charge in [-0.15, -0.1) is 11.3 Å². The molecule has 5 rings (SSSR count). The number of thiazole rings is 1. The summed E-state index contributed by atoms with van der Waals surface area (Å²) in [5.41, 5.74) is 3.67. The smallest absolute Gasteiger partial charge is 0.261 e. The second-order valence-electron chi connectivity index (χ2n) is 9.82. The number of nitrogens with zero attached hydrogens (tertiary/aromatic N) is 3. The van der Waals surface area contributed by atoms with E-state index >= 15 is 0 Å². The van der Waals surface area contributed by atoms with Gasteiger partial charge in [0.25, 0.3) is 5.56 Å². The highest BCUT2D eigenvalue weighted by Gasteiger charge is 2.39. The first-order valence-electron chi connectivity index (χ1n) is 12.0. The van der Waals surface area contributed by atoms with Gasteiger partial charge in [-0.3, -0.25) is 9.20 Å². The monoisotopic (exact) mass is 493 g/mol. The van der Waals surface area contributed by atoms with E-state index in [0.29, 0.717) is 6.42 Å². The number of fused-ring (bicyclic) bond motifs is 1. The first-order valence-corrected chi connectivity index (χ1v) is 12.9. The van der Waals surface area contributed by atoms with Crippen LogP contribution in [-0.4, -0.2) is 33.9 Å². The molecule has 0 aliphatic carbocycles. The number of rotatable bonds is 6. The fraction of sp³-hybridized carbons (Fsp3) is 0.357. The maximum absolute atomic E-state index is 13.7. The topological polar surface area (TPSA) is 37.6 Å². The zero-order chi connectivity index (χ0) is 24.6. The summed E-state index contributed by atoms with van der Waals surface area (Å²) in [5.74, 6) is -0.469. The summed E-state index contributed by atoms with van der Waals surface area (Å²) in [6, 6.07) is 13.4. The van der Waals surface area contributed by atoms with Crippen LogP contribution in [0.2, 0.25) is 0 Å². The molecule has 1 aliphatic heterocycles. The molecule has 0 unspecified atom stereocenters. The summed E-state index contributed by atoms with van der Waals surface area (Å²) < 4.78 is 29.0. The van der Waals surface area contributed by atoms with Crippen LogP contribution in [0, 0.1) is 24.0 Å². The summed E-state index contributed by atoms with van der Waals surface area (Å²) in [6.45, 7) is 6.82. The van der Waals surface area contributed by atoms with Gasteiger partial charge < -0.3 is 4.90 Å². The van der Waals surface area contributed by atoms with Crippen molar-refractivity contribution in [2.75, 3.05) is 19.6 Å². The zero-order valence-electron chi connectivity index (χ0n) is 20.0. The molecule has 0 bridgehead atoms. The minimum Gasteiger partial charge on any atom is -0.303 e. The lowest BCUT2D eigenvalue weighted by Gasteiger charge is -2.45. The average Bonchev–Trinajstić information content (AvgIpc) is 3.31. The van der Waals surface area contributed by atoms with Crippen molar-refractivity contribution in [3.8, 4) is 0 Å². The van der Waals surface area contributed by atoms with Crippen LogP contribution in [0.1, 0.15) is 48.1 Å². The maximum Gasteiger partial charge on any atom is 0.261 e. The molecule has 2 aromatic carbocycles. The molecule has 1 aliphatic rings. The third-order valence-corrected chi connectivity index (χ3v) is 8.30. The van der Waals surface area contributed by atoms with Crippen molar-refractivity contribution in [2.45, 2.75) is 39.0 Å². The van der Waals surface area contributed by atoms with Crippen molar-refractivity contribution in [2.24, 2.45) is 5.41 Å². The molecular formula is C28H29F2N3OS. The van der Waals surface area contributed by atoms with E-state index in [0.717, 1.165) is 59.8 Å². The minimum absolute atomic E-state index is 0.0308. The van der Waals surface area contributed by atoms with Crippen molar-refractivity contribution in [3.05, 3.63) is 104 Å². The Kier molecular flexibility index (Phi) is 6.55. The fourth-order valence-electron chi connectivity index (χ4n) is 5.46. The van der Waals surface area contributed by atoms with Gasteiger partial charge in [0.05, 0.1) is 0 Å². The summed E-state index contributed by atoms with van der Waals surface area (Å²) >= 11 is 1.47. The van der Waals surface area contributed by atoms with E-state index in [4.69, 9.17) is 0 Å². The maximum atomic E-state index is 13.7. The van der Waals surface area contributed by atoms with E-state index in [2.05, 4.69) is 16.8 Å². The van der Waals surface area contributed by atoms with Crippen LogP contribution in [0.15, 0.2) is 64.9 Å². The quantitative estimate of drug-likeness (QED) is 0.340. The van der Waals surface area contributed by atoms with Crippen LogP contribution in [0.25, 0.3) is 4.96 Å². The number of hydrogen-bond acceptors (Lipinski definition) is 4. The number of piperidine rings is 1. The van der Waals surface area contributed by atoms with Crippen molar-refractivity contribution < 1.29 is 8.78 Å². The van der Waals surface area contributed by atoms with Gasteiger partial charge >= 0.3 is 0 Å². The first-order chi connectivity index (χ1) is 16.8. The zero-order valence-corrected chi connectivity index (χ0v) is 20.8. The van der Waals surface area contributed by atoms with Crippen molar-refractivity contribution in [1.82, 2.24) is 14.3 Å². The lowest BCUT2D eigenvalue weighted by molar-refractivity contribution is 0.105. The number of likely N-dealkylation sites (tertiary alicyclic amines) is 1. The molecule has 0 radical (unpaired) electrons. The van der Waals surface area contributed by atoms with E-state index in [1.54, 1.807) is 10.6 Å². The molecule has 0 saturated carbocycles. The van der Waals surface area contributed by atoms with Crippen LogP contribution < -0.4 is 5.56 Å². The molecule has 3 heterocycles. The van der Waals surface area contributed by atoms with E-state index in [9.17, 15) is 13.6 Å². The molecule has 0 atom stereocenters. The van der Waals surface area contributed by atoms with Crippen molar-refractivity contribution >= 4 is 16.3 Å². The third-order valence-electron chi connectivity index (χ3n) is 7.55. The van der Waals surface area contributed by atoms with E-state index in [1.165, 1.54) is 35.6 Å². The second-order valence-corrected chi connectivity index (χ2v) is 10.7. The average molecular weight is 494 g/mol. The third kappa shape index (κ3) is 4.80. The molecule has 1 fully saturated rings. The lowest BCUT2D eigenvalue weighted by atomic mass is 9.65. The normalized spacial score (nSPS) is 16.3.